The van der Waals surface area contributed by atoms with Crippen molar-refractivity contribution in [1.29, 1.82) is 0 Å². The number of anilines is 2. The first kappa shape index (κ1) is 49.2. The Balaban J connectivity index is 0.000000174. The summed E-state index contributed by atoms with van der Waals surface area (Å²) in [6.45, 7) is 12.3. The van der Waals surface area contributed by atoms with Crippen LogP contribution in [0.3, 0.4) is 0 Å². The average molecular weight is 1020 g/mol. The van der Waals surface area contributed by atoms with Crippen LogP contribution in [0.5, 0.6) is 10.4 Å². The Bertz CT molecular complexity index is 2990. The maximum Gasteiger partial charge on any atom is 0.294 e. The van der Waals surface area contributed by atoms with Crippen LogP contribution < -0.4 is 19.3 Å². The SMILES string of the molecule is CCCc1cnc(N2CCC([C@H](C)Oc3nn4cc(-c5ccc(S(C)(=O)=O)nc5)nc4s3)CC2)nc1.CCCc1cnc(N2CCC([C@H](C)Oc3nn4cc(-c5ccc(SC)nc5)nc4s3)CC2)nc1. The van der Waals surface area contributed by atoms with Gasteiger partial charge >= 0.3 is 0 Å². The molecule has 0 aromatic carbocycles. The molecule has 8 aromatic rings. The Labute approximate surface area is 420 Å². The van der Waals surface area contributed by atoms with Gasteiger partial charge in [-0.3, -0.25) is 0 Å². The number of aromatic nitrogens is 12. The summed E-state index contributed by atoms with van der Waals surface area (Å²) in [5.74, 6) is 2.54. The summed E-state index contributed by atoms with van der Waals surface area (Å²) in [4.78, 5) is 42.1. The number of piperidine rings is 2. The molecule has 0 bridgehead atoms. The lowest BCUT2D eigenvalue weighted by atomic mass is 9.92. The fraction of sp³-hybridized carbons (Fsp3) is 0.458. The van der Waals surface area contributed by atoms with Gasteiger partial charge in [0.05, 0.1) is 28.8 Å². The van der Waals surface area contributed by atoms with Gasteiger partial charge in [0.2, 0.25) is 21.8 Å². The van der Waals surface area contributed by atoms with E-state index in [2.05, 4.69) is 82.6 Å². The van der Waals surface area contributed by atoms with E-state index in [4.69, 9.17) is 14.5 Å². The van der Waals surface area contributed by atoms with Crippen molar-refractivity contribution in [2.45, 2.75) is 101 Å². The predicted octanol–water partition coefficient (Wildman–Crippen LogP) is 8.68. The van der Waals surface area contributed by atoms with Crippen LogP contribution in [0.25, 0.3) is 32.4 Å². The summed E-state index contributed by atoms with van der Waals surface area (Å²) < 4.78 is 39.2. The average Bonchev–Trinajstić information content (AvgIpc) is 4.16. The van der Waals surface area contributed by atoms with Gasteiger partial charge in [0.1, 0.15) is 12.2 Å². The Hall–Kier alpha value is -5.84. The summed E-state index contributed by atoms with van der Waals surface area (Å²) in [7, 11) is -3.34. The highest BCUT2D eigenvalue weighted by molar-refractivity contribution is 7.98. The van der Waals surface area contributed by atoms with Gasteiger partial charge in [0, 0.05) is 80.7 Å². The zero-order valence-corrected chi connectivity index (χ0v) is 43.5. The van der Waals surface area contributed by atoms with Crippen LogP contribution in [0.15, 0.2) is 83.9 Å². The number of nitrogens with zero attached hydrogens (tertiary/aromatic N) is 14. The molecule has 0 saturated carbocycles. The fourth-order valence-electron chi connectivity index (χ4n) is 8.65. The molecule has 70 heavy (non-hydrogen) atoms. The lowest BCUT2D eigenvalue weighted by Crippen LogP contribution is -2.39. The number of rotatable bonds is 16. The maximum absolute atomic E-state index is 11.6. The summed E-state index contributed by atoms with van der Waals surface area (Å²) in [6, 6.07) is 7.24. The van der Waals surface area contributed by atoms with Gasteiger partial charge in [-0.25, -0.2) is 57.3 Å². The Morgan fingerprint density at radius 1 is 0.643 bits per heavy atom. The summed E-state index contributed by atoms with van der Waals surface area (Å²) >= 11 is 4.49. The van der Waals surface area contributed by atoms with Crippen molar-refractivity contribution in [3.8, 4) is 32.9 Å². The van der Waals surface area contributed by atoms with E-state index < -0.39 is 9.84 Å². The largest absolute Gasteiger partial charge is 0.466 e. The quantitative estimate of drug-likeness (QED) is 0.0833. The summed E-state index contributed by atoms with van der Waals surface area (Å²) in [5.41, 5.74) is 5.65. The van der Waals surface area contributed by atoms with E-state index in [1.54, 1.807) is 33.1 Å². The highest BCUT2D eigenvalue weighted by Gasteiger charge is 2.29. The van der Waals surface area contributed by atoms with Crippen LogP contribution in [-0.2, 0) is 22.7 Å². The number of sulfone groups is 1. The molecule has 0 aliphatic carbocycles. The molecular formula is C48H58N14O4S4. The van der Waals surface area contributed by atoms with Crippen LogP contribution in [0.4, 0.5) is 11.9 Å². The zero-order valence-electron chi connectivity index (χ0n) is 40.2. The third kappa shape index (κ3) is 11.8. The van der Waals surface area contributed by atoms with Crippen molar-refractivity contribution in [2.75, 3.05) is 48.5 Å². The molecule has 0 radical (unpaired) electrons. The Kier molecular flexibility index (Phi) is 15.5. The van der Waals surface area contributed by atoms with Gasteiger partial charge in [-0.2, -0.15) is 0 Å². The number of fused-ring (bicyclic) bond motifs is 2. The third-order valence-corrected chi connectivity index (χ3v) is 16.0. The van der Waals surface area contributed by atoms with Crippen molar-refractivity contribution in [3.63, 3.8) is 0 Å². The van der Waals surface area contributed by atoms with Crippen LogP contribution >= 0.6 is 34.4 Å². The standard InChI is InChI=1S/C24H29N7O3S2.C24H29N7OS2/c1-4-5-17-12-26-22(27-13-17)30-10-8-18(9-11-30)16(2)34-24-29-31-15-20(28-23(31)35-24)19-6-7-21(25-14-19)36(3,32)33;1-4-5-17-12-26-22(27-13-17)30-10-8-18(9-11-30)16(2)32-24-29-31-15-20(28-23(31)34-24)19-6-7-21(33-3)25-14-19/h6-7,12-16,18H,4-5,8-11H2,1-3H3;6-7,12-16,18H,4-5,8-11H2,1-3H3/t2*16-/m00/s1. The van der Waals surface area contributed by atoms with Crippen molar-refractivity contribution in [2.24, 2.45) is 11.8 Å². The topological polar surface area (TPSA) is 197 Å². The van der Waals surface area contributed by atoms with Crippen LogP contribution in [0.1, 0.15) is 77.3 Å². The van der Waals surface area contributed by atoms with Gasteiger partial charge in [0.15, 0.2) is 14.9 Å². The Morgan fingerprint density at radius 2 is 1.09 bits per heavy atom. The molecule has 8 aromatic heterocycles. The van der Waals surface area contributed by atoms with E-state index in [1.807, 2.05) is 55.6 Å². The van der Waals surface area contributed by atoms with E-state index in [1.165, 1.54) is 46.1 Å². The lowest BCUT2D eigenvalue weighted by Gasteiger charge is -2.34. The van der Waals surface area contributed by atoms with E-state index in [-0.39, 0.29) is 17.2 Å². The zero-order chi connectivity index (χ0) is 48.8. The second-order valence-corrected chi connectivity index (χ2v) is 22.4. The number of pyridine rings is 2. The van der Waals surface area contributed by atoms with Gasteiger partial charge in [-0.05, 0) is 129 Å². The first-order chi connectivity index (χ1) is 33.9. The molecule has 2 saturated heterocycles. The van der Waals surface area contributed by atoms with E-state index in [0.29, 0.717) is 32.9 Å². The maximum atomic E-state index is 11.6. The normalized spacial score (nSPS) is 15.8. The second-order valence-electron chi connectivity index (χ2n) is 17.8. The molecule has 2 aliphatic rings. The van der Waals surface area contributed by atoms with Crippen LogP contribution in [0.2, 0.25) is 0 Å². The van der Waals surface area contributed by atoms with E-state index >= 15 is 0 Å². The molecule has 2 fully saturated rings. The van der Waals surface area contributed by atoms with Crippen molar-refractivity contribution in [3.05, 3.63) is 85.0 Å². The smallest absolute Gasteiger partial charge is 0.294 e. The minimum Gasteiger partial charge on any atom is -0.466 e. The molecule has 2 atom stereocenters. The van der Waals surface area contributed by atoms with Gasteiger partial charge in [-0.15, -0.1) is 22.0 Å². The van der Waals surface area contributed by atoms with Gasteiger partial charge < -0.3 is 19.3 Å². The molecule has 22 heteroatoms. The summed E-state index contributed by atoms with van der Waals surface area (Å²) in [6.07, 6.45) is 26.5. The van der Waals surface area contributed by atoms with Gasteiger partial charge in [0.25, 0.3) is 10.4 Å². The fourth-order valence-corrected chi connectivity index (χ4v) is 11.2. The number of imidazole rings is 2. The molecule has 10 rings (SSSR count). The molecule has 0 N–H and O–H groups in total. The first-order valence-electron chi connectivity index (χ1n) is 23.8. The first-order valence-corrected chi connectivity index (χ1v) is 28.5. The Morgan fingerprint density at radius 3 is 1.44 bits per heavy atom. The molecule has 18 nitrogen and oxygen atoms in total. The second kappa shape index (κ2) is 22.1. The molecule has 2 aliphatic heterocycles. The van der Waals surface area contributed by atoms with Crippen LogP contribution in [0, 0.1) is 11.8 Å². The highest BCUT2D eigenvalue weighted by Crippen LogP contribution is 2.32. The molecular weight excluding hydrogens is 965 g/mol. The minimum atomic E-state index is -3.34. The molecule has 0 unspecified atom stereocenters. The number of aryl methyl sites for hydroxylation is 2. The number of thioether (sulfide) groups is 1. The van der Waals surface area contributed by atoms with Crippen LogP contribution in [-0.4, -0.2) is 118 Å². The highest BCUT2D eigenvalue weighted by atomic mass is 32.2. The van der Waals surface area contributed by atoms with E-state index in [0.717, 1.165) is 123 Å². The predicted molar refractivity (Wildman–Crippen MR) is 275 cm³/mol. The molecule has 0 amide bonds. The van der Waals surface area contributed by atoms with Crippen molar-refractivity contribution in [1.82, 2.24) is 59.1 Å². The number of hydrogen-bond donors (Lipinski definition) is 0. The monoisotopic (exact) mass is 1020 g/mol. The number of ether oxygens (including phenoxy) is 2. The van der Waals surface area contributed by atoms with Crippen molar-refractivity contribution < 1.29 is 17.9 Å². The van der Waals surface area contributed by atoms with E-state index in [9.17, 15) is 8.42 Å². The minimum absolute atomic E-state index is 0.0306. The number of hydrogen-bond acceptors (Lipinski definition) is 19. The van der Waals surface area contributed by atoms with Crippen molar-refractivity contribution >= 4 is 66.1 Å². The molecule has 0 spiro atoms. The summed E-state index contributed by atoms with van der Waals surface area (Å²) in [5, 5.41) is 11.4. The third-order valence-electron chi connectivity index (χ3n) is 12.7. The lowest BCUT2D eigenvalue weighted by molar-refractivity contribution is 0.131. The van der Waals surface area contributed by atoms with Gasteiger partial charge in [-0.1, -0.05) is 26.7 Å². The molecule has 10 heterocycles. The molecule has 368 valence electrons.